The number of aliphatic hydroxyl groups is 1. The lowest BCUT2D eigenvalue weighted by Crippen LogP contribution is -2.34. The van der Waals surface area contributed by atoms with Crippen LogP contribution >= 0.6 is 0 Å². The van der Waals surface area contributed by atoms with E-state index in [9.17, 15) is 5.11 Å². The van der Waals surface area contributed by atoms with Gasteiger partial charge in [-0.2, -0.15) is 0 Å². The van der Waals surface area contributed by atoms with Crippen LogP contribution in [0.5, 0.6) is 0 Å². The van der Waals surface area contributed by atoms with Crippen LogP contribution in [0.1, 0.15) is 71.6 Å². The molecule has 0 aliphatic heterocycles. The zero-order valence-corrected chi connectivity index (χ0v) is 9.89. The molecule has 0 bridgehead atoms. The molecule has 0 spiro atoms. The molecule has 0 aromatic carbocycles. The number of unbranched alkanes of at least 4 members (excludes halogenated alkanes) is 2. The van der Waals surface area contributed by atoms with E-state index in [-0.39, 0.29) is 11.5 Å². The van der Waals surface area contributed by atoms with Gasteiger partial charge in [-0.3, -0.25) is 0 Å². The number of hydrogen-bond donors (Lipinski definition) is 1. The van der Waals surface area contributed by atoms with E-state index in [4.69, 9.17) is 0 Å². The van der Waals surface area contributed by atoms with Gasteiger partial charge in [0.05, 0.1) is 6.10 Å². The molecule has 1 rings (SSSR count). The van der Waals surface area contributed by atoms with E-state index in [1.54, 1.807) is 0 Å². The monoisotopic (exact) mass is 198 g/mol. The molecule has 1 nitrogen and oxygen atoms in total. The summed E-state index contributed by atoms with van der Waals surface area (Å²) in [6.45, 7) is 4.50. The molecular weight excluding hydrogens is 172 g/mol. The van der Waals surface area contributed by atoms with Gasteiger partial charge >= 0.3 is 0 Å². The van der Waals surface area contributed by atoms with Crippen LogP contribution in [0.4, 0.5) is 0 Å². The summed E-state index contributed by atoms with van der Waals surface area (Å²) < 4.78 is 0. The highest BCUT2D eigenvalue weighted by molar-refractivity contribution is 4.85. The summed E-state index contributed by atoms with van der Waals surface area (Å²) >= 11 is 0. The zero-order chi connectivity index (χ0) is 10.4. The lowest BCUT2D eigenvalue weighted by molar-refractivity contribution is 0.00274. The van der Waals surface area contributed by atoms with Crippen LogP contribution in [0, 0.1) is 5.41 Å². The largest absolute Gasteiger partial charge is 0.393 e. The maximum atomic E-state index is 10.2. The molecule has 1 heteroatoms. The summed E-state index contributed by atoms with van der Waals surface area (Å²) in [6, 6.07) is 0. The molecule has 1 atom stereocenters. The van der Waals surface area contributed by atoms with Crippen molar-refractivity contribution in [2.45, 2.75) is 77.7 Å². The van der Waals surface area contributed by atoms with Crippen molar-refractivity contribution in [2.75, 3.05) is 0 Å². The van der Waals surface area contributed by atoms with Crippen LogP contribution in [-0.4, -0.2) is 11.2 Å². The summed E-state index contributed by atoms with van der Waals surface area (Å²) in [5, 5.41) is 10.2. The van der Waals surface area contributed by atoms with Gasteiger partial charge < -0.3 is 5.11 Å². The van der Waals surface area contributed by atoms with Crippen LogP contribution in [0.3, 0.4) is 0 Å². The third-order valence-electron chi connectivity index (χ3n) is 3.88. The quantitative estimate of drug-likeness (QED) is 0.664. The van der Waals surface area contributed by atoms with Crippen molar-refractivity contribution in [1.82, 2.24) is 0 Å². The normalized spacial score (nSPS) is 23.4. The van der Waals surface area contributed by atoms with Gasteiger partial charge in [-0.05, 0) is 24.7 Å². The van der Waals surface area contributed by atoms with Gasteiger partial charge in [-0.25, -0.2) is 0 Å². The van der Waals surface area contributed by atoms with E-state index >= 15 is 0 Å². The molecule has 1 N–H and O–H groups in total. The van der Waals surface area contributed by atoms with E-state index < -0.39 is 0 Å². The Balaban J connectivity index is 2.29. The van der Waals surface area contributed by atoms with E-state index in [1.165, 1.54) is 51.4 Å². The van der Waals surface area contributed by atoms with Crippen LogP contribution in [0.2, 0.25) is 0 Å². The first-order valence-electron chi connectivity index (χ1n) is 6.37. The Morgan fingerprint density at radius 2 is 1.79 bits per heavy atom. The highest BCUT2D eigenvalue weighted by Gasteiger charge is 2.33. The minimum atomic E-state index is -0.0469. The van der Waals surface area contributed by atoms with E-state index in [0.717, 1.165) is 6.42 Å². The molecule has 1 unspecified atom stereocenters. The molecule has 0 aromatic heterocycles. The first-order chi connectivity index (χ1) is 6.69. The predicted octanol–water partition coefficient (Wildman–Crippen LogP) is 3.90. The van der Waals surface area contributed by atoms with Crippen molar-refractivity contribution in [3.8, 4) is 0 Å². The maximum Gasteiger partial charge on any atom is 0.0593 e. The summed E-state index contributed by atoms with van der Waals surface area (Å²) in [6.07, 6.45) is 11.2. The van der Waals surface area contributed by atoms with Gasteiger partial charge in [-0.15, -0.1) is 0 Å². The Hall–Kier alpha value is -0.0400. The van der Waals surface area contributed by atoms with Crippen LogP contribution < -0.4 is 0 Å². The molecule has 0 aromatic rings. The molecular formula is C13H26O. The Kier molecular flexibility index (Phi) is 4.94. The molecule has 0 heterocycles. The molecule has 14 heavy (non-hydrogen) atoms. The second kappa shape index (κ2) is 5.75. The Bertz CT molecular complexity index is 147. The maximum absolute atomic E-state index is 10.2. The van der Waals surface area contributed by atoms with Crippen molar-refractivity contribution < 1.29 is 5.11 Å². The fourth-order valence-corrected chi connectivity index (χ4v) is 2.63. The van der Waals surface area contributed by atoms with Crippen molar-refractivity contribution in [2.24, 2.45) is 5.41 Å². The van der Waals surface area contributed by atoms with Crippen molar-refractivity contribution >= 4 is 0 Å². The van der Waals surface area contributed by atoms with Gasteiger partial charge in [0.1, 0.15) is 0 Å². The van der Waals surface area contributed by atoms with Crippen LogP contribution in [0.25, 0.3) is 0 Å². The SMILES string of the molecule is CCCCCC(O)C1(C)CCCCC1. The highest BCUT2D eigenvalue weighted by Crippen LogP contribution is 2.40. The van der Waals surface area contributed by atoms with Gasteiger partial charge in [0.25, 0.3) is 0 Å². The zero-order valence-electron chi connectivity index (χ0n) is 9.89. The smallest absolute Gasteiger partial charge is 0.0593 e. The number of rotatable bonds is 5. The molecule has 0 amide bonds. The molecule has 1 saturated carbocycles. The van der Waals surface area contributed by atoms with Crippen molar-refractivity contribution in [3.05, 3.63) is 0 Å². The Labute approximate surface area is 88.9 Å². The van der Waals surface area contributed by atoms with Crippen LogP contribution in [-0.2, 0) is 0 Å². The summed E-state index contributed by atoms with van der Waals surface area (Å²) in [4.78, 5) is 0. The Morgan fingerprint density at radius 1 is 1.14 bits per heavy atom. The molecule has 0 radical (unpaired) electrons. The lowest BCUT2D eigenvalue weighted by atomic mass is 9.70. The molecule has 1 aliphatic carbocycles. The number of aliphatic hydroxyl groups excluding tert-OH is 1. The van der Waals surface area contributed by atoms with Gasteiger partial charge in [-0.1, -0.05) is 52.4 Å². The minimum absolute atomic E-state index is 0.0469. The minimum Gasteiger partial charge on any atom is -0.393 e. The van der Waals surface area contributed by atoms with Gasteiger partial charge in [0.2, 0.25) is 0 Å². The topological polar surface area (TPSA) is 20.2 Å². The van der Waals surface area contributed by atoms with E-state index in [2.05, 4.69) is 13.8 Å². The number of hydrogen-bond acceptors (Lipinski definition) is 1. The molecule has 0 saturated heterocycles. The third kappa shape index (κ3) is 3.27. The summed E-state index contributed by atoms with van der Waals surface area (Å²) in [5.74, 6) is 0. The first-order valence-corrected chi connectivity index (χ1v) is 6.37. The second-order valence-electron chi connectivity index (χ2n) is 5.23. The summed E-state index contributed by atoms with van der Waals surface area (Å²) in [7, 11) is 0. The second-order valence-corrected chi connectivity index (χ2v) is 5.23. The van der Waals surface area contributed by atoms with Gasteiger partial charge in [0, 0.05) is 0 Å². The molecule has 1 aliphatic rings. The fraction of sp³-hybridized carbons (Fsp3) is 1.00. The van der Waals surface area contributed by atoms with Crippen LogP contribution in [0.15, 0.2) is 0 Å². The highest BCUT2D eigenvalue weighted by atomic mass is 16.3. The summed E-state index contributed by atoms with van der Waals surface area (Å²) in [5.41, 5.74) is 0.242. The predicted molar refractivity (Wildman–Crippen MR) is 61.3 cm³/mol. The van der Waals surface area contributed by atoms with Crippen molar-refractivity contribution in [3.63, 3.8) is 0 Å². The van der Waals surface area contributed by atoms with E-state index in [0.29, 0.717) is 0 Å². The average molecular weight is 198 g/mol. The Morgan fingerprint density at radius 3 is 2.36 bits per heavy atom. The molecule has 84 valence electrons. The first kappa shape index (κ1) is 12.0. The van der Waals surface area contributed by atoms with Gasteiger partial charge in [0.15, 0.2) is 0 Å². The average Bonchev–Trinajstić information content (AvgIpc) is 2.19. The fourth-order valence-electron chi connectivity index (χ4n) is 2.63. The van der Waals surface area contributed by atoms with Crippen molar-refractivity contribution in [1.29, 1.82) is 0 Å². The molecule has 1 fully saturated rings. The lowest BCUT2D eigenvalue weighted by Gasteiger charge is -2.38. The third-order valence-corrected chi connectivity index (χ3v) is 3.88. The van der Waals surface area contributed by atoms with E-state index in [1.807, 2.05) is 0 Å². The standard InChI is InChI=1S/C13H26O/c1-3-4-6-9-12(14)13(2)10-7-5-8-11-13/h12,14H,3-11H2,1-2H3.